The summed E-state index contributed by atoms with van der Waals surface area (Å²) in [6, 6.07) is 1.72. The highest BCUT2D eigenvalue weighted by molar-refractivity contribution is 7.16. The van der Waals surface area contributed by atoms with Crippen LogP contribution in [0.25, 0.3) is 0 Å². The first kappa shape index (κ1) is 16.0. The lowest BCUT2D eigenvalue weighted by atomic mass is 10.0. The number of aryl methyl sites for hydroxylation is 1. The number of nitrogens with one attached hydrogen (secondary N) is 1. The average molecular weight is 310 g/mol. The van der Waals surface area contributed by atoms with E-state index in [1.54, 1.807) is 13.0 Å². The van der Waals surface area contributed by atoms with Gasteiger partial charge >= 0.3 is 5.97 Å². The fourth-order valence-electron chi connectivity index (χ4n) is 2.59. The van der Waals surface area contributed by atoms with E-state index in [0.29, 0.717) is 17.2 Å². The van der Waals surface area contributed by atoms with Crippen LogP contribution in [0, 0.1) is 5.92 Å². The highest BCUT2D eigenvalue weighted by Gasteiger charge is 2.31. The second kappa shape index (κ2) is 7.04. The molecule has 1 fully saturated rings. The van der Waals surface area contributed by atoms with Crippen LogP contribution in [0.4, 0.5) is 5.00 Å². The zero-order chi connectivity index (χ0) is 15.4. The molecule has 2 atom stereocenters. The van der Waals surface area contributed by atoms with Gasteiger partial charge in [0, 0.05) is 10.9 Å². The molecule has 0 saturated heterocycles. The third-order valence-electron chi connectivity index (χ3n) is 3.77. The fraction of sp³-hybridized carbons (Fsp3) is 0.600. The first-order chi connectivity index (χ1) is 10.1. The molecule has 1 aliphatic rings. The van der Waals surface area contributed by atoms with E-state index < -0.39 is 0 Å². The number of carbonyl (C=O) groups is 2. The molecule has 0 spiro atoms. The number of esters is 1. The van der Waals surface area contributed by atoms with Gasteiger partial charge in [0.05, 0.1) is 18.1 Å². The number of ether oxygens (including phenoxy) is 1. The van der Waals surface area contributed by atoms with Crippen LogP contribution >= 0.6 is 11.3 Å². The molecular weight excluding hydrogens is 288 g/mol. The monoisotopic (exact) mass is 310 g/mol. The van der Waals surface area contributed by atoms with Crippen molar-refractivity contribution in [3.8, 4) is 0 Å². The lowest BCUT2D eigenvalue weighted by Gasteiger charge is -2.14. The second-order valence-corrected chi connectivity index (χ2v) is 6.36. The molecule has 1 aliphatic carbocycles. The predicted octanol–water partition coefficient (Wildman–Crippen LogP) is 2.55. The summed E-state index contributed by atoms with van der Waals surface area (Å²) in [5.41, 5.74) is 6.40. The van der Waals surface area contributed by atoms with Crippen molar-refractivity contribution in [1.82, 2.24) is 0 Å². The van der Waals surface area contributed by atoms with Gasteiger partial charge in [-0.3, -0.25) is 4.79 Å². The summed E-state index contributed by atoms with van der Waals surface area (Å²) in [5.74, 6) is -0.637. The van der Waals surface area contributed by atoms with Crippen LogP contribution < -0.4 is 11.1 Å². The van der Waals surface area contributed by atoms with Gasteiger partial charge in [0.2, 0.25) is 5.91 Å². The Balaban J connectivity index is 2.16. The summed E-state index contributed by atoms with van der Waals surface area (Å²) < 4.78 is 5.05. The third kappa shape index (κ3) is 3.63. The topological polar surface area (TPSA) is 81.4 Å². The molecule has 5 nitrogen and oxygen atoms in total. The van der Waals surface area contributed by atoms with Gasteiger partial charge in [-0.2, -0.15) is 0 Å². The molecule has 2 unspecified atom stereocenters. The van der Waals surface area contributed by atoms with E-state index in [4.69, 9.17) is 10.5 Å². The quantitative estimate of drug-likeness (QED) is 0.819. The Hall–Kier alpha value is -1.40. The maximum Gasteiger partial charge on any atom is 0.341 e. The number of carbonyl (C=O) groups excluding carboxylic acids is 2. The Morgan fingerprint density at radius 3 is 2.76 bits per heavy atom. The third-order valence-corrected chi connectivity index (χ3v) is 4.96. The molecule has 1 saturated carbocycles. The smallest absolute Gasteiger partial charge is 0.341 e. The first-order valence-electron chi connectivity index (χ1n) is 7.43. The highest BCUT2D eigenvalue weighted by atomic mass is 32.1. The molecule has 1 heterocycles. The molecule has 6 heteroatoms. The number of amides is 1. The van der Waals surface area contributed by atoms with Crippen molar-refractivity contribution in [2.24, 2.45) is 11.7 Å². The fourth-order valence-corrected chi connectivity index (χ4v) is 3.58. The van der Waals surface area contributed by atoms with Gasteiger partial charge in [-0.05, 0) is 32.3 Å². The number of thiophene rings is 1. The van der Waals surface area contributed by atoms with E-state index in [2.05, 4.69) is 5.32 Å². The summed E-state index contributed by atoms with van der Waals surface area (Å²) in [4.78, 5) is 25.3. The molecule has 0 bridgehead atoms. The van der Waals surface area contributed by atoms with Crippen molar-refractivity contribution in [2.45, 2.75) is 45.6 Å². The zero-order valence-corrected chi connectivity index (χ0v) is 13.3. The molecule has 1 aromatic heterocycles. The van der Waals surface area contributed by atoms with Crippen LogP contribution in [0.2, 0.25) is 0 Å². The van der Waals surface area contributed by atoms with E-state index in [1.165, 1.54) is 11.3 Å². The van der Waals surface area contributed by atoms with Gasteiger partial charge in [-0.1, -0.05) is 13.3 Å². The van der Waals surface area contributed by atoms with Crippen LogP contribution in [-0.2, 0) is 16.0 Å². The molecule has 1 aromatic rings. The predicted molar refractivity (Wildman–Crippen MR) is 83.6 cm³/mol. The minimum atomic E-state index is -0.389. The van der Waals surface area contributed by atoms with Gasteiger partial charge in [0.25, 0.3) is 0 Å². The summed E-state index contributed by atoms with van der Waals surface area (Å²) in [6.07, 6.45) is 3.49. The lowest BCUT2D eigenvalue weighted by Crippen LogP contribution is -2.34. The average Bonchev–Trinajstić information content (AvgIpc) is 3.05. The molecule has 2 rings (SSSR count). The van der Waals surface area contributed by atoms with Crippen LogP contribution in [-0.4, -0.2) is 24.5 Å². The molecule has 0 aromatic carbocycles. The maximum absolute atomic E-state index is 12.3. The number of hydrogen-bond acceptors (Lipinski definition) is 5. The van der Waals surface area contributed by atoms with E-state index in [0.717, 1.165) is 30.6 Å². The number of anilines is 1. The van der Waals surface area contributed by atoms with Crippen molar-refractivity contribution < 1.29 is 14.3 Å². The molecule has 0 radical (unpaired) electrons. The molecule has 1 amide bonds. The van der Waals surface area contributed by atoms with Crippen molar-refractivity contribution in [2.75, 3.05) is 11.9 Å². The second-order valence-electron chi connectivity index (χ2n) is 5.22. The van der Waals surface area contributed by atoms with E-state index in [-0.39, 0.29) is 23.8 Å². The SMILES string of the molecule is CCOC(=O)c1cc(CC)sc1NC(=O)C1CCCC1N. The molecule has 0 aliphatic heterocycles. The molecular formula is C15H22N2O3S. The summed E-state index contributed by atoms with van der Waals surface area (Å²) in [6.45, 7) is 4.09. The Morgan fingerprint density at radius 1 is 1.43 bits per heavy atom. The summed E-state index contributed by atoms with van der Waals surface area (Å²) >= 11 is 1.43. The van der Waals surface area contributed by atoms with Crippen molar-refractivity contribution in [3.63, 3.8) is 0 Å². The zero-order valence-electron chi connectivity index (χ0n) is 12.5. The highest BCUT2D eigenvalue weighted by Crippen LogP contribution is 2.31. The minimum absolute atomic E-state index is 0.0818. The number of nitrogens with two attached hydrogens (primary N) is 1. The van der Waals surface area contributed by atoms with E-state index >= 15 is 0 Å². The largest absolute Gasteiger partial charge is 0.462 e. The van der Waals surface area contributed by atoms with Gasteiger partial charge in [-0.25, -0.2) is 4.79 Å². The van der Waals surface area contributed by atoms with Crippen molar-refractivity contribution >= 4 is 28.2 Å². The Morgan fingerprint density at radius 2 is 2.19 bits per heavy atom. The summed E-state index contributed by atoms with van der Waals surface area (Å²) in [7, 11) is 0. The van der Waals surface area contributed by atoms with Crippen LogP contribution in [0.3, 0.4) is 0 Å². The first-order valence-corrected chi connectivity index (χ1v) is 8.24. The van der Waals surface area contributed by atoms with Gasteiger partial charge in [-0.15, -0.1) is 11.3 Å². The van der Waals surface area contributed by atoms with Crippen LogP contribution in [0.1, 0.15) is 48.3 Å². The van der Waals surface area contributed by atoms with Gasteiger partial charge in [0.1, 0.15) is 5.00 Å². The van der Waals surface area contributed by atoms with Crippen LogP contribution in [0.5, 0.6) is 0 Å². The maximum atomic E-state index is 12.3. The van der Waals surface area contributed by atoms with Crippen molar-refractivity contribution in [1.29, 1.82) is 0 Å². The van der Waals surface area contributed by atoms with Gasteiger partial charge in [0.15, 0.2) is 0 Å². The normalized spacial score (nSPS) is 21.3. The van der Waals surface area contributed by atoms with Gasteiger partial charge < -0.3 is 15.8 Å². The molecule has 3 N–H and O–H groups in total. The molecule has 116 valence electrons. The minimum Gasteiger partial charge on any atom is -0.462 e. The molecule has 21 heavy (non-hydrogen) atoms. The number of rotatable bonds is 5. The number of hydrogen-bond donors (Lipinski definition) is 2. The Kier molecular flexibility index (Phi) is 5.36. The summed E-state index contributed by atoms with van der Waals surface area (Å²) in [5, 5.41) is 3.45. The lowest BCUT2D eigenvalue weighted by molar-refractivity contribution is -0.120. The van der Waals surface area contributed by atoms with Crippen molar-refractivity contribution in [3.05, 3.63) is 16.5 Å². The standard InChI is InChI=1S/C15H22N2O3S/c1-3-9-8-11(15(19)20-4-2)14(21-9)17-13(18)10-6-5-7-12(10)16/h8,10,12H,3-7,16H2,1-2H3,(H,17,18). The van der Waals surface area contributed by atoms with Crippen LogP contribution in [0.15, 0.2) is 6.07 Å². The Labute approximate surface area is 128 Å². The van der Waals surface area contributed by atoms with E-state index in [9.17, 15) is 9.59 Å². The Bertz CT molecular complexity index is 527. The van der Waals surface area contributed by atoms with E-state index in [1.807, 2.05) is 6.92 Å².